The number of aliphatic hydroxyl groups is 1. The maximum absolute atomic E-state index is 12.8. The molecule has 2 saturated heterocycles. The molecule has 1 aliphatic carbocycles. The van der Waals surface area contributed by atoms with Crippen LogP contribution in [-0.4, -0.2) is 64.7 Å². The van der Waals surface area contributed by atoms with Gasteiger partial charge in [-0.3, -0.25) is 9.69 Å². The Morgan fingerprint density at radius 3 is 2.38 bits per heavy atom. The number of carbonyl (C=O) groups excluding carboxylic acids is 2. The van der Waals surface area contributed by atoms with Crippen molar-refractivity contribution >= 4 is 11.9 Å². The van der Waals surface area contributed by atoms with Crippen LogP contribution in [0.3, 0.4) is 0 Å². The van der Waals surface area contributed by atoms with Crippen LogP contribution >= 0.6 is 0 Å². The highest BCUT2D eigenvalue weighted by Gasteiger charge is 2.50. The minimum Gasteiger partial charge on any atom is -0.390 e. The summed E-state index contributed by atoms with van der Waals surface area (Å²) in [6.45, 7) is 4.88. The summed E-state index contributed by atoms with van der Waals surface area (Å²) in [4.78, 5) is 28.6. The van der Waals surface area contributed by atoms with Gasteiger partial charge in [0.2, 0.25) is 0 Å². The maximum atomic E-state index is 12.8. The van der Waals surface area contributed by atoms with Gasteiger partial charge in [0, 0.05) is 6.54 Å². The Hall–Kier alpha value is -1.14. The number of nitrogens with one attached hydrogen (secondary N) is 1. The monoisotopic (exact) mass is 337 g/mol. The molecule has 1 spiro atoms. The predicted molar refractivity (Wildman–Crippen MR) is 91.5 cm³/mol. The van der Waals surface area contributed by atoms with Crippen LogP contribution in [0.5, 0.6) is 0 Å². The van der Waals surface area contributed by atoms with Crippen molar-refractivity contribution in [2.24, 2.45) is 5.92 Å². The summed E-state index contributed by atoms with van der Waals surface area (Å²) >= 11 is 0. The van der Waals surface area contributed by atoms with Crippen LogP contribution in [-0.2, 0) is 4.79 Å². The second-order valence-corrected chi connectivity index (χ2v) is 7.98. The molecule has 1 unspecified atom stereocenters. The van der Waals surface area contributed by atoms with Crippen molar-refractivity contribution in [3.05, 3.63) is 0 Å². The number of nitrogens with zero attached hydrogens (tertiary/aromatic N) is 2. The number of imide groups is 1. The van der Waals surface area contributed by atoms with Crippen LogP contribution in [0.4, 0.5) is 4.79 Å². The van der Waals surface area contributed by atoms with E-state index >= 15 is 0 Å². The third-order valence-corrected chi connectivity index (χ3v) is 5.94. The largest absolute Gasteiger partial charge is 0.390 e. The van der Waals surface area contributed by atoms with E-state index in [1.165, 1.54) is 4.90 Å². The molecule has 1 atom stereocenters. The Bertz CT molecular complexity index is 466. The Balaban J connectivity index is 1.56. The van der Waals surface area contributed by atoms with Gasteiger partial charge in [0.25, 0.3) is 5.91 Å². The van der Waals surface area contributed by atoms with Crippen molar-refractivity contribution in [2.75, 3.05) is 26.2 Å². The quantitative estimate of drug-likeness (QED) is 0.766. The first-order valence-electron chi connectivity index (χ1n) is 9.55. The van der Waals surface area contributed by atoms with Gasteiger partial charge in [0.05, 0.1) is 12.6 Å². The minimum atomic E-state index is -0.701. The summed E-state index contributed by atoms with van der Waals surface area (Å²) in [6.07, 6.45) is 7.30. The molecule has 24 heavy (non-hydrogen) atoms. The number of urea groups is 1. The van der Waals surface area contributed by atoms with Crippen molar-refractivity contribution in [1.29, 1.82) is 0 Å². The van der Waals surface area contributed by atoms with E-state index in [0.717, 1.165) is 70.4 Å². The van der Waals surface area contributed by atoms with Crippen LogP contribution < -0.4 is 5.32 Å². The molecular weight excluding hydrogens is 306 g/mol. The van der Waals surface area contributed by atoms with Crippen LogP contribution in [0, 0.1) is 5.92 Å². The van der Waals surface area contributed by atoms with Crippen LogP contribution in [0.2, 0.25) is 0 Å². The molecule has 3 rings (SSSR count). The molecule has 0 aromatic carbocycles. The molecule has 136 valence electrons. The highest BCUT2D eigenvalue weighted by Crippen LogP contribution is 2.32. The van der Waals surface area contributed by atoms with Crippen molar-refractivity contribution in [2.45, 2.75) is 69.9 Å². The number of amides is 3. The molecule has 2 N–H and O–H groups in total. The lowest BCUT2D eigenvalue weighted by Crippen LogP contribution is -2.48. The molecule has 0 aromatic heterocycles. The van der Waals surface area contributed by atoms with Gasteiger partial charge in [0.15, 0.2) is 0 Å². The lowest BCUT2D eigenvalue weighted by atomic mass is 9.90. The van der Waals surface area contributed by atoms with Crippen LogP contribution in [0.1, 0.15) is 58.3 Å². The molecule has 2 aliphatic heterocycles. The fraction of sp³-hybridized carbons (Fsp3) is 0.889. The summed E-state index contributed by atoms with van der Waals surface area (Å²) in [5.74, 6) is 0.625. The van der Waals surface area contributed by atoms with E-state index in [4.69, 9.17) is 0 Å². The molecule has 6 nitrogen and oxygen atoms in total. The van der Waals surface area contributed by atoms with E-state index in [0.29, 0.717) is 6.54 Å². The Kier molecular flexibility index (Phi) is 5.45. The van der Waals surface area contributed by atoms with Crippen LogP contribution in [0.15, 0.2) is 0 Å². The number of hydrogen-bond donors (Lipinski definition) is 2. The van der Waals surface area contributed by atoms with Gasteiger partial charge in [-0.25, -0.2) is 4.79 Å². The second kappa shape index (κ2) is 7.40. The van der Waals surface area contributed by atoms with Gasteiger partial charge in [-0.1, -0.05) is 32.6 Å². The summed E-state index contributed by atoms with van der Waals surface area (Å²) in [5.41, 5.74) is -0.701. The number of carbonyl (C=O) groups is 2. The summed E-state index contributed by atoms with van der Waals surface area (Å²) in [6, 6.07) is -0.326. The minimum absolute atomic E-state index is 0.110. The highest BCUT2D eigenvalue weighted by molar-refractivity contribution is 6.07. The maximum Gasteiger partial charge on any atom is 0.325 e. The van der Waals surface area contributed by atoms with E-state index in [9.17, 15) is 14.7 Å². The smallest absolute Gasteiger partial charge is 0.325 e. The molecule has 3 aliphatic rings. The summed E-state index contributed by atoms with van der Waals surface area (Å²) in [5, 5.41) is 13.3. The lowest BCUT2D eigenvalue weighted by Gasteiger charge is -2.32. The van der Waals surface area contributed by atoms with E-state index < -0.39 is 11.6 Å². The number of piperidine rings is 1. The average Bonchev–Trinajstić information content (AvgIpc) is 2.73. The molecule has 0 radical (unpaired) electrons. The molecule has 0 aromatic rings. The number of hydrogen-bond acceptors (Lipinski definition) is 4. The Labute approximate surface area is 144 Å². The van der Waals surface area contributed by atoms with Crippen LogP contribution in [0.25, 0.3) is 0 Å². The van der Waals surface area contributed by atoms with Gasteiger partial charge in [-0.05, 0) is 44.7 Å². The topological polar surface area (TPSA) is 72.9 Å². The number of β-amino-alcohol motifs (C(OH)–C–C–N with tert-alkyl or cyclic N) is 1. The molecule has 3 fully saturated rings. The first-order valence-corrected chi connectivity index (χ1v) is 9.55. The summed E-state index contributed by atoms with van der Waals surface area (Å²) in [7, 11) is 0. The van der Waals surface area contributed by atoms with Crippen molar-refractivity contribution in [3.63, 3.8) is 0 Å². The predicted octanol–water partition coefficient (Wildman–Crippen LogP) is 1.72. The number of likely N-dealkylation sites (tertiary alicyclic amines) is 1. The molecule has 2 heterocycles. The molecule has 0 bridgehead atoms. The fourth-order valence-corrected chi connectivity index (χ4v) is 4.32. The SMILES string of the molecule is CC1CCN(CC(O)CN2C(=O)NC3(CCCCCC3)C2=O)CC1. The Morgan fingerprint density at radius 2 is 1.75 bits per heavy atom. The number of rotatable bonds is 4. The first kappa shape index (κ1) is 17.7. The van der Waals surface area contributed by atoms with Gasteiger partial charge >= 0.3 is 6.03 Å². The third kappa shape index (κ3) is 3.75. The standard InChI is InChI=1S/C18H31N3O3/c1-14-6-10-20(11-7-14)12-15(22)13-21-16(23)18(19-17(21)24)8-4-2-3-5-9-18/h14-15,22H,2-13H2,1H3,(H,19,24). The Morgan fingerprint density at radius 1 is 1.12 bits per heavy atom. The average molecular weight is 337 g/mol. The van der Waals surface area contributed by atoms with E-state index in [-0.39, 0.29) is 18.5 Å². The normalized spacial score (nSPS) is 27.3. The molecule has 3 amide bonds. The van der Waals surface area contributed by atoms with Crippen molar-refractivity contribution < 1.29 is 14.7 Å². The van der Waals surface area contributed by atoms with E-state index in [1.54, 1.807) is 0 Å². The van der Waals surface area contributed by atoms with Gasteiger partial charge in [-0.2, -0.15) is 0 Å². The van der Waals surface area contributed by atoms with E-state index in [1.807, 2.05) is 0 Å². The van der Waals surface area contributed by atoms with Crippen molar-refractivity contribution in [3.8, 4) is 0 Å². The van der Waals surface area contributed by atoms with Crippen molar-refractivity contribution in [1.82, 2.24) is 15.1 Å². The van der Waals surface area contributed by atoms with Gasteiger partial charge in [0.1, 0.15) is 5.54 Å². The van der Waals surface area contributed by atoms with Gasteiger partial charge in [-0.15, -0.1) is 0 Å². The first-order chi connectivity index (χ1) is 11.5. The zero-order valence-corrected chi connectivity index (χ0v) is 14.8. The zero-order valence-electron chi connectivity index (χ0n) is 14.8. The highest BCUT2D eigenvalue weighted by atomic mass is 16.3. The third-order valence-electron chi connectivity index (χ3n) is 5.94. The molecule has 6 heteroatoms. The summed E-state index contributed by atoms with van der Waals surface area (Å²) < 4.78 is 0. The lowest BCUT2D eigenvalue weighted by molar-refractivity contribution is -0.132. The molecule has 1 saturated carbocycles. The zero-order chi connectivity index (χ0) is 17.2. The second-order valence-electron chi connectivity index (χ2n) is 7.98. The number of aliphatic hydroxyl groups excluding tert-OH is 1. The fourth-order valence-electron chi connectivity index (χ4n) is 4.32. The van der Waals surface area contributed by atoms with E-state index in [2.05, 4.69) is 17.1 Å². The van der Waals surface area contributed by atoms with Gasteiger partial charge < -0.3 is 15.3 Å². The molecular formula is C18H31N3O3.